The smallest absolute Gasteiger partial charge is 0.372 e. The predicted octanol–water partition coefficient (Wildman–Crippen LogP) is 1.68. The number of Topliss-reactive ketones (excluding diaryl/α,β-unsaturated/α-hetero) is 2. The second-order valence-electron chi connectivity index (χ2n) is 2.81. The van der Waals surface area contributed by atoms with E-state index < -0.39 is 24.0 Å². The Morgan fingerprint density at radius 1 is 1.20 bits per heavy atom. The first-order valence-corrected chi connectivity index (χ1v) is 4.85. The first kappa shape index (κ1) is 11.6. The third-order valence-electron chi connectivity index (χ3n) is 1.73. The van der Waals surface area contributed by atoms with E-state index in [1.54, 1.807) is 18.2 Å². The lowest BCUT2D eigenvalue weighted by molar-refractivity contribution is -0.148. The maximum atomic E-state index is 11.5. The van der Waals surface area contributed by atoms with Crippen LogP contribution in [-0.2, 0) is 9.59 Å². The van der Waals surface area contributed by atoms with Crippen LogP contribution in [0.4, 0.5) is 0 Å². The quantitative estimate of drug-likeness (QED) is 0.513. The summed E-state index contributed by atoms with van der Waals surface area (Å²) in [7, 11) is 0. The molecular formula is C10H7BrO4. The molecule has 0 heterocycles. The van der Waals surface area contributed by atoms with Crippen molar-refractivity contribution >= 4 is 33.5 Å². The van der Waals surface area contributed by atoms with Crippen LogP contribution < -0.4 is 0 Å². The van der Waals surface area contributed by atoms with E-state index in [1.165, 1.54) is 6.07 Å². The molecule has 78 valence electrons. The van der Waals surface area contributed by atoms with Crippen LogP contribution in [0, 0.1) is 0 Å². The molecule has 0 bridgehead atoms. The standard InChI is InChI=1S/C10H7BrO4/c11-7-4-2-1-3-6(7)8(12)5-9(13)10(14)15/h1-4H,5H2,(H,14,15). The van der Waals surface area contributed by atoms with Gasteiger partial charge in [-0.3, -0.25) is 9.59 Å². The second kappa shape index (κ2) is 4.84. The number of ketones is 2. The summed E-state index contributed by atoms with van der Waals surface area (Å²) in [6.45, 7) is 0. The second-order valence-corrected chi connectivity index (χ2v) is 3.66. The van der Waals surface area contributed by atoms with E-state index in [0.717, 1.165) is 0 Å². The van der Waals surface area contributed by atoms with Crippen LogP contribution >= 0.6 is 15.9 Å². The van der Waals surface area contributed by atoms with Crippen molar-refractivity contribution in [2.45, 2.75) is 6.42 Å². The molecule has 0 saturated heterocycles. The lowest BCUT2D eigenvalue weighted by Gasteiger charge is -2.00. The molecule has 1 aromatic rings. The zero-order valence-electron chi connectivity index (χ0n) is 7.57. The molecule has 0 fully saturated rings. The van der Waals surface area contributed by atoms with Gasteiger partial charge in [-0.2, -0.15) is 0 Å². The molecular weight excluding hydrogens is 264 g/mol. The van der Waals surface area contributed by atoms with Crippen molar-refractivity contribution in [1.82, 2.24) is 0 Å². The molecule has 0 amide bonds. The zero-order valence-corrected chi connectivity index (χ0v) is 9.15. The molecule has 0 unspecified atom stereocenters. The summed E-state index contributed by atoms with van der Waals surface area (Å²) in [4.78, 5) is 32.5. The topological polar surface area (TPSA) is 71.4 Å². The fourth-order valence-electron chi connectivity index (χ4n) is 1.00. The summed E-state index contributed by atoms with van der Waals surface area (Å²) in [5.41, 5.74) is 0.312. The number of carboxylic acid groups (broad SMARTS) is 1. The molecule has 0 radical (unpaired) electrons. The lowest BCUT2D eigenvalue weighted by atomic mass is 10.1. The number of hydrogen-bond donors (Lipinski definition) is 1. The van der Waals surface area contributed by atoms with Crippen molar-refractivity contribution in [2.24, 2.45) is 0 Å². The third-order valence-corrected chi connectivity index (χ3v) is 2.43. The number of halogens is 1. The van der Waals surface area contributed by atoms with Crippen molar-refractivity contribution in [3.8, 4) is 0 Å². The van der Waals surface area contributed by atoms with Gasteiger partial charge in [0.25, 0.3) is 0 Å². The molecule has 1 aromatic carbocycles. The summed E-state index contributed by atoms with van der Waals surface area (Å²) in [5.74, 6) is -3.19. The van der Waals surface area contributed by atoms with Gasteiger partial charge in [0.1, 0.15) is 0 Å². The van der Waals surface area contributed by atoms with Crippen molar-refractivity contribution in [3.63, 3.8) is 0 Å². The van der Waals surface area contributed by atoms with Crippen LogP contribution in [0.15, 0.2) is 28.7 Å². The van der Waals surface area contributed by atoms with Crippen molar-refractivity contribution in [1.29, 1.82) is 0 Å². The van der Waals surface area contributed by atoms with Gasteiger partial charge in [-0.1, -0.05) is 34.1 Å². The van der Waals surface area contributed by atoms with E-state index in [0.29, 0.717) is 10.0 Å². The first-order valence-electron chi connectivity index (χ1n) is 4.06. The molecule has 0 atom stereocenters. The summed E-state index contributed by atoms with van der Waals surface area (Å²) in [5, 5.41) is 8.33. The maximum absolute atomic E-state index is 11.5. The largest absolute Gasteiger partial charge is 0.475 e. The Morgan fingerprint density at radius 3 is 2.33 bits per heavy atom. The van der Waals surface area contributed by atoms with Crippen molar-refractivity contribution in [3.05, 3.63) is 34.3 Å². The molecule has 0 saturated carbocycles. The van der Waals surface area contributed by atoms with Gasteiger partial charge in [-0.25, -0.2) is 4.79 Å². The maximum Gasteiger partial charge on any atom is 0.372 e. The number of aliphatic carboxylic acids is 1. The van der Waals surface area contributed by atoms with Crippen LogP contribution in [-0.4, -0.2) is 22.6 Å². The summed E-state index contributed by atoms with van der Waals surface area (Å²) >= 11 is 3.14. The average molecular weight is 271 g/mol. The van der Waals surface area contributed by atoms with E-state index in [9.17, 15) is 14.4 Å². The van der Waals surface area contributed by atoms with Crippen LogP contribution in [0.1, 0.15) is 16.8 Å². The number of rotatable bonds is 4. The van der Waals surface area contributed by atoms with Crippen LogP contribution in [0.3, 0.4) is 0 Å². The lowest BCUT2D eigenvalue weighted by Crippen LogP contribution is -2.17. The Labute approximate surface area is 94.0 Å². The number of carboxylic acids is 1. The summed E-state index contributed by atoms with van der Waals surface area (Å²) in [6, 6.07) is 6.54. The monoisotopic (exact) mass is 270 g/mol. The fraction of sp³-hybridized carbons (Fsp3) is 0.100. The fourth-order valence-corrected chi connectivity index (χ4v) is 1.51. The Balaban J connectivity index is 2.83. The van der Waals surface area contributed by atoms with E-state index in [-0.39, 0.29) is 0 Å². The third kappa shape index (κ3) is 2.99. The van der Waals surface area contributed by atoms with E-state index in [1.807, 2.05) is 0 Å². The number of benzene rings is 1. The van der Waals surface area contributed by atoms with Crippen molar-refractivity contribution in [2.75, 3.05) is 0 Å². The van der Waals surface area contributed by atoms with E-state index >= 15 is 0 Å². The minimum absolute atomic E-state index is 0.312. The summed E-state index contributed by atoms with van der Waals surface area (Å²) in [6.07, 6.45) is -0.613. The predicted molar refractivity (Wildman–Crippen MR) is 55.7 cm³/mol. The number of hydrogen-bond acceptors (Lipinski definition) is 3. The van der Waals surface area contributed by atoms with Gasteiger partial charge in [-0.05, 0) is 6.07 Å². The van der Waals surface area contributed by atoms with E-state index in [2.05, 4.69) is 15.9 Å². The van der Waals surface area contributed by atoms with Gasteiger partial charge in [0.15, 0.2) is 5.78 Å². The van der Waals surface area contributed by atoms with Crippen LogP contribution in [0.2, 0.25) is 0 Å². The number of carbonyl (C=O) groups is 3. The van der Waals surface area contributed by atoms with Gasteiger partial charge < -0.3 is 5.11 Å². The van der Waals surface area contributed by atoms with Crippen LogP contribution in [0.5, 0.6) is 0 Å². The molecule has 1 N–H and O–H groups in total. The Kier molecular flexibility index (Phi) is 3.74. The summed E-state index contributed by atoms with van der Waals surface area (Å²) < 4.78 is 0.549. The number of carbonyl (C=O) groups excluding carboxylic acids is 2. The van der Waals surface area contributed by atoms with Gasteiger partial charge in [0.05, 0.1) is 6.42 Å². The minimum atomic E-state index is -1.59. The molecule has 0 aromatic heterocycles. The normalized spacial score (nSPS) is 9.67. The molecule has 0 aliphatic heterocycles. The van der Waals surface area contributed by atoms with E-state index in [4.69, 9.17) is 5.11 Å². The van der Waals surface area contributed by atoms with Gasteiger partial charge >= 0.3 is 5.97 Å². The first-order chi connectivity index (χ1) is 7.02. The molecule has 0 spiro atoms. The molecule has 4 nitrogen and oxygen atoms in total. The zero-order chi connectivity index (χ0) is 11.4. The van der Waals surface area contributed by atoms with Gasteiger partial charge in [-0.15, -0.1) is 0 Å². The SMILES string of the molecule is O=C(O)C(=O)CC(=O)c1ccccc1Br. The van der Waals surface area contributed by atoms with Gasteiger partial charge in [0.2, 0.25) is 5.78 Å². The minimum Gasteiger partial charge on any atom is -0.475 e. The molecule has 5 heteroatoms. The average Bonchev–Trinajstić information content (AvgIpc) is 2.18. The molecule has 0 aliphatic carbocycles. The highest BCUT2D eigenvalue weighted by atomic mass is 79.9. The Bertz CT molecular complexity index is 425. The Morgan fingerprint density at radius 2 is 1.80 bits per heavy atom. The highest BCUT2D eigenvalue weighted by Gasteiger charge is 2.18. The molecule has 0 aliphatic rings. The van der Waals surface area contributed by atoms with Crippen molar-refractivity contribution < 1.29 is 19.5 Å². The molecule has 1 rings (SSSR count). The molecule has 15 heavy (non-hydrogen) atoms. The highest BCUT2D eigenvalue weighted by Crippen LogP contribution is 2.17. The van der Waals surface area contributed by atoms with Gasteiger partial charge in [0, 0.05) is 10.0 Å². The Hall–Kier alpha value is -1.49. The van der Waals surface area contributed by atoms with Crippen LogP contribution in [0.25, 0.3) is 0 Å². The highest BCUT2D eigenvalue weighted by molar-refractivity contribution is 9.10.